The molecule has 0 amide bonds. The Kier molecular flexibility index (Phi) is 14.8. The highest BCUT2D eigenvalue weighted by molar-refractivity contribution is 5.62. The summed E-state index contributed by atoms with van der Waals surface area (Å²) in [4.78, 5) is 6.80. The van der Waals surface area contributed by atoms with Gasteiger partial charge in [0.05, 0.1) is 6.17 Å². The van der Waals surface area contributed by atoms with Crippen LogP contribution in [0.3, 0.4) is 0 Å². The highest BCUT2D eigenvalue weighted by Gasteiger charge is 2.22. The predicted molar refractivity (Wildman–Crippen MR) is 117 cm³/mol. The van der Waals surface area contributed by atoms with Gasteiger partial charge in [0.25, 0.3) is 0 Å². The molecule has 1 aliphatic heterocycles. The van der Waals surface area contributed by atoms with Crippen molar-refractivity contribution in [1.82, 2.24) is 4.90 Å². The highest BCUT2D eigenvalue weighted by Crippen LogP contribution is 2.15. The number of rotatable bonds is 17. The molecule has 0 aromatic carbocycles. The van der Waals surface area contributed by atoms with E-state index in [0.717, 1.165) is 19.4 Å². The summed E-state index contributed by atoms with van der Waals surface area (Å²) in [6.07, 6.45) is 27.7. The molecule has 3 nitrogen and oxygen atoms in total. The smallest absolute Gasteiger partial charge is 0.103 e. The molecule has 2 N–H and O–H groups in total. The molecule has 3 heteroatoms. The topological polar surface area (TPSA) is 41.6 Å². The summed E-state index contributed by atoms with van der Waals surface area (Å²) in [5.74, 6) is 0. The number of hydrogen-bond acceptors (Lipinski definition) is 3. The van der Waals surface area contributed by atoms with Gasteiger partial charge in [-0.15, -0.1) is 0 Å². The normalized spacial score (nSPS) is 19.0. The third-order valence-electron chi connectivity index (χ3n) is 5.46. The molecule has 0 fully saturated rings. The predicted octanol–water partition coefficient (Wildman–Crippen LogP) is 6.43. The first kappa shape index (κ1) is 23.4. The molecule has 0 aromatic heterocycles. The molecule has 1 rings (SSSR count). The van der Waals surface area contributed by atoms with Gasteiger partial charge in [0.1, 0.15) is 6.17 Å². The van der Waals surface area contributed by atoms with E-state index in [2.05, 4.69) is 29.0 Å². The molecule has 0 aliphatic carbocycles. The molecule has 2 atom stereocenters. The number of allylic oxidation sites excluding steroid dienone is 2. The van der Waals surface area contributed by atoms with E-state index in [4.69, 9.17) is 5.73 Å². The minimum absolute atomic E-state index is 0.104. The maximum Gasteiger partial charge on any atom is 0.103 e. The van der Waals surface area contributed by atoms with Crippen LogP contribution in [0.15, 0.2) is 17.1 Å². The van der Waals surface area contributed by atoms with Crippen LogP contribution in [-0.4, -0.2) is 30.0 Å². The lowest BCUT2D eigenvalue weighted by Gasteiger charge is -2.26. The number of aliphatic imine (C=N–C) groups is 1. The minimum Gasteiger partial charge on any atom is -0.316 e. The first-order valence-electron chi connectivity index (χ1n) is 11.4. The van der Waals surface area contributed by atoms with Crippen LogP contribution in [0.4, 0.5) is 0 Å². The van der Waals surface area contributed by atoms with Crippen molar-refractivity contribution in [3.05, 3.63) is 12.2 Å². The van der Waals surface area contributed by atoms with Crippen molar-refractivity contribution in [2.45, 2.75) is 122 Å². The molecular formula is C23H45N3. The second-order valence-corrected chi connectivity index (χ2v) is 7.98. The van der Waals surface area contributed by atoms with E-state index in [0.29, 0.717) is 6.17 Å². The Hall–Kier alpha value is -0.670. The Balaban J connectivity index is 1.81. The van der Waals surface area contributed by atoms with Crippen molar-refractivity contribution in [2.24, 2.45) is 10.7 Å². The average Bonchev–Trinajstić information content (AvgIpc) is 3.10. The van der Waals surface area contributed by atoms with E-state index < -0.39 is 0 Å². The van der Waals surface area contributed by atoms with Gasteiger partial charge in [0.15, 0.2) is 0 Å². The van der Waals surface area contributed by atoms with E-state index in [-0.39, 0.29) is 6.17 Å². The fourth-order valence-electron chi connectivity index (χ4n) is 3.73. The van der Waals surface area contributed by atoms with E-state index in [1.165, 1.54) is 83.5 Å². The maximum absolute atomic E-state index is 5.98. The van der Waals surface area contributed by atoms with E-state index >= 15 is 0 Å². The molecule has 0 spiro atoms. The van der Waals surface area contributed by atoms with E-state index in [9.17, 15) is 0 Å². The highest BCUT2D eigenvalue weighted by atomic mass is 15.3. The molecule has 0 bridgehead atoms. The molecule has 152 valence electrons. The van der Waals surface area contributed by atoms with Crippen molar-refractivity contribution in [1.29, 1.82) is 0 Å². The zero-order chi connectivity index (χ0) is 18.9. The zero-order valence-electron chi connectivity index (χ0n) is 17.7. The Morgan fingerprint density at radius 1 is 0.923 bits per heavy atom. The van der Waals surface area contributed by atoms with Crippen LogP contribution in [0, 0.1) is 0 Å². The molecule has 26 heavy (non-hydrogen) atoms. The summed E-state index contributed by atoms with van der Waals surface area (Å²) >= 11 is 0. The maximum atomic E-state index is 5.98. The zero-order valence-corrected chi connectivity index (χ0v) is 17.7. The lowest BCUT2D eigenvalue weighted by Crippen LogP contribution is -2.43. The van der Waals surface area contributed by atoms with Gasteiger partial charge in [-0.05, 0) is 32.6 Å². The Morgan fingerprint density at radius 3 is 2.04 bits per heavy atom. The summed E-state index contributed by atoms with van der Waals surface area (Å²) in [5, 5.41) is 0. The Morgan fingerprint density at radius 2 is 1.46 bits per heavy atom. The summed E-state index contributed by atoms with van der Waals surface area (Å²) in [6.45, 7) is 5.24. The summed E-state index contributed by atoms with van der Waals surface area (Å²) in [5.41, 5.74) is 5.98. The summed E-state index contributed by atoms with van der Waals surface area (Å²) in [7, 11) is 0. The standard InChI is InChI=1S/C23H45N3/c1-3-4-5-6-7-8-9-10-11-12-13-14-15-16-17-18-19-23-25-20-21-26(23)22(2)24/h16-17,20,22-23H,3-15,18-19,21,24H2,1-2H3/b17-16+. The molecule has 0 saturated heterocycles. The summed E-state index contributed by atoms with van der Waals surface area (Å²) in [6, 6.07) is 0. The number of hydrogen-bond donors (Lipinski definition) is 1. The molecular weight excluding hydrogens is 318 g/mol. The summed E-state index contributed by atoms with van der Waals surface area (Å²) < 4.78 is 0. The lowest BCUT2D eigenvalue weighted by atomic mass is 10.0. The second kappa shape index (κ2) is 16.5. The molecule has 0 radical (unpaired) electrons. The molecule has 1 heterocycles. The minimum atomic E-state index is 0.104. The lowest BCUT2D eigenvalue weighted by molar-refractivity contribution is 0.186. The van der Waals surface area contributed by atoms with Crippen molar-refractivity contribution in [3.63, 3.8) is 0 Å². The van der Waals surface area contributed by atoms with Crippen LogP contribution < -0.4 is 5.73 Å². The van der Waals surface area contributed by atoms with Crippen molar-refractivity contribution >= 4 is 6.21 Å². The molecule has 0 saturated carbocycles. The Bertz CT molecular complexity index is 362. The quantitative estimate of drug-likeness (QED) is 0.239. The van der Waals surface area contributed by atoms with Gasteiger partial charge in [-0.25, -0.2) is 0 Å². The van der Waals surface area contributed by atoms with Crippen LogP contribution in [0.5, 0.6) is 0 Å². The number of nitrogens with two attached hydrogens (primary N) is 1. The Labute approximate surface area is 163 Å². The second-order valence-electron chi connectivity index (χ2n) is 7.98. The average molecular weight is 364 g/mol. The van der Waals surface area contributed by atoms with Crippen molar-refractivity contribution in [2.75, 3.05) is 6.54 Å². The number of unbranched alkanes of at least 4 members (excludes halogenated alkanes) is 12. The third kappa shape index (κ3) is 11.9. The van der Waals surface area contributed by atoms with Crippen LogP contribution >= 0.6 is 0 Å². The number of nitrogens with zero attached hydrogens (tertiary/aromatic N) is 2. The van der Waals surface area contributed by atoms with Gasteiger partial charge < -0.3 is 5.73 Å². The largest absolute Gasteiger partial charge is 0.316 e. The fourth-order valence-corrected chi connectivity index (χ4v) is 3.73. The molecule has 0 aromatic rings. The van der Waals surface area contributed by atoms with Crippen LogP contribution in [-0.2, 0) is 0 Å². The third-order valence-corrected chi connectivity index (χ3v) is 5.46. The van der Waals surface area contributed by atoms with Gasteiger partial charge in [-0.2, -0.15) is 0 Å². The first-order chi connectivity index (χ1) is 12.8. The van der Waals surface area contributed by atoms with Gasteiger partial charge in [-0.1, -0.05) is 89.7 Å². The van der Waals surface area contributed by atoms with E-state index in [1.807, 2.05) is 13.1 Å². The molecule has 1 aliphatic rings. The fraction of sp³-hybridized carbons (Fsp3) is 0.870. The van der Waals surface area contributed by atoms with E-state index in [1.54, 1.807) is 0 Å². The van der Waals surface area contributed by atoms with Crippen LogP contribution in [0.1, 0.15) is 110 Å². The molecule has 2 unspecified atom stereocenters. The van der Waals surface area contributed by atoms with Gasteiger partial charge >= 0.3 is 0 Å². The van der Waals surface area contributed by atoms with Crippen LogP contribution in [0.25, 0.3) is 0 Å². The monoisotopic (exact) mass is 363 g/mol. The first-order valence-corrected chi connectivity index (χ1v) is 11.4. The van der Waals surface area contributed by atoms with Gasteiger partial charge in [-0.3, -0.25) is 9.89 Å². The van der Waals surface area contributed by atoms with Gasteiger partial charge in [0.2, 0.25) is 0 Å². The SMILES string of the molecule is CCCCCCCCCCCCCC/C=C/CCC1N=CCN1C(C)N. The van der Waals surface area contributed by atoms with Crippen molar-refractivity contribution < 1.29 is 0 Å². The van der Waals surface area contributed by atoms with Crippen molar-refractivity contribution in [3.8, 4) is 0 Å². The van der Waals surface area contributed by atoms with Gasteiger partial charge in [0, 0.05) is 12.8 Å². The van der Waals surface area contributed by atoms with Crippen LogP contribution in [0.2, 0.25) is 0 Å².